The number of fused-ring (bicyclic) bond motifs is 7. The van der Waals surface area contributed by atoms with Gasteiger partial charge < -0.3 is 49.0 Å². The molecule has 0 amide bonds. The Morgan fingerprint density at radius 1 is 0.611 bits per heavy atom. The molecule has 1 radical (unpaired) electrons. The molecule has 1 aromatic carbocycles. The summed E-state index contributed by atoms with van der Waals surface area (Å²) >= 11 is 0. The van der Waals surface area contributed by atoms with E-state index in [1.54, 1.807) is 26.6 Å². The summed E-state index contributed by atoms with van der Waals surface area (Å²) in [6, 6.07) is 7.79. The average Bonchev–Trinajstić information content (AvgIpc) is 3.73. The quantitative estimate of drug-likeness (QED) is 0.109. The molecular weight excluding hydrogens is 828 g/mol. The monoisotopic (exact) mass is 884 g/mol. The van der Waals surface area contributed by atoms with Crippen LogP contribution in [0.5, 0.6) is 11.5 Å². The second-order valence-corrected chi connectivity index (χ2v) is 12.4. The Hall–Kier alpha value is -3.10. The number of hydrogen-bond acceptors (Lipinski definition) is 10. The summed E-state index contributed by atoms with van der Waals surface area (Å²) in [5.74, 6) is 1.01. The van der Waals surface area contributed by atoms with Crippen molar-refractivity contribution in [3.05, 3.63) is 85.4 Å². The molecule has 11 nitrogen and oxygen atoms in total. The van der Waals surface area contributed by atoms with Crippen LogP contribution in [0.3, 0.4) is 0 Å². The first kappa shape index (κ1) is 47.1. The number of ether oxygens (including phenoxy) is 4. The second-order valence-electron chi connectivity index (χ2n) is 12.4. The summed E-state index contributed by atoms with van der Waals surface area (Å²) < 4.78 is 22.6. The van der Waals surface area contributed by atoms with E-state index in [-0.39, 0.29) is 68.0 Å². The van der Waals surface area contributed by atoms with Crippen molar-refractivity contribution in [2.45, 2.75) is 66.2 Å². The Kier molecular flexibility index (Phi) is 20.1. The molecule has 0 fully saturated rings. The minimum atomic E-state index is 0. The molecule has 0 unspecified atom stereocenters. The Morgan fingerprint density at radius 2 is 1.02 bits per heavy atom. The van der Waals surface area contributed by atoms with Gasteiger partial charge in [-0.1, -0.05) is 37.1 Å². The van der Waals surface area contributed by atoms with E-state index in [1.165, 1.54) is 11.1 Å². The van der Waals surface area contributed by atoms with Gasteiger partial charge in [0.1, 0.15) is 13.2 Å². The van der Waals surface area contributed by atoms with Crippen molar-refractivity contribution in [2.75, 3.05) is 53.9 Å². The average molecular weight is 884 g/mol. The summed E-state index contributed by atoms with van der Waals surface area (Å²) in [7, 11) is 3.25. The third-order valence-electron chi connectivity index (χ3n) is 9.20. The third-order valence-corrected chi connectivity index (χ3v) is 9.20. The topological polar surface area (TPSA) is 143 Å². The number of aliphatic hydroxyl groups is 2. The first-order chi connectivity index (χ1) is 24.9. The van der Waals surface area contributed by atoms with E-state index < -0.39 is 0 Å². The zero-order chi connectivity index (χ0) is 36.3. The molecule has 0 aliphatic carbocycles. The number of nitrogens with zero attached hydrogens (tertiary/aromatic N) is 5. The number of hydrogen-bond donors (Lipinski definition) is 2. The number of aromatic nitrogens is 5. The SMILES string of the molecule is CCc1c(CC)c2cc3nc(cnc4cc(OCCOC)c(OCCOC)cc4ncc4nc(cc1[n-]2)C(CCCO)=C4C)C(C)=C3CCCO.[CH3-].[CH3-].[Gd+3]. The number of aryl methyl sites for hydroxylation is 2. The molecule has 2 aliphatic heterocycles. The number of methoxy groups -OCH3 is 2. The normalized spacial score (nSPS) is 12.1. The van der Waals surface area contributed by atoms with Crippen LogP contribution in [-0.4, -0.2) is 84.0 Å². The smallest absolute Gasteiger partial charge is 0.657 e. The van der Waals surface area contributed by atoms with E-state index in [4.69, 9.17) is 43.9 Å². The van der Waals surface area contributed by atoms with Crippen molar-refractivity contribution in [3.63, 3.8) is 0 Å². The minimum absolute atomic E-state index is 0. The van der Waals surface area contributed by atoms with Crippen LogP contribution in [0.25, 0.3) is 44.4 Å². The Morgan fingerprint density at radius 3 is 1.37 bits per heavy atom. The Balaban J connectivity index is 0.00000336. The van der Waals surface area contributed by atoms with Gasteiger partial charge in [0.2, 0.25) is 0 Å². The van der Waals surface area contributed by atoms with Crippen LogP contribution < -0.4 is 14.5 Å². The number of allylic oxidation sites excluding steroid dienone is 4. The predicted molar refractivity (Wildman–Crippen MR) is 214 cm³/mol. The van der Waals surface area contributed by atoms with Gasteiger partial charge >= 0.3 is 39.9 Å². The fraction of sp³-hybridized carbons (Fsp3) is 0.429. The fourth-order valence-electron chi connectivity index (χ4n) is 6.45. The largest absolute Gasteiger partial charge is 3.00 e. The van der Waals surface area contributed by atoms with Crippen LogP contribution in [0.4, 0.5) is 0 Å². The van der Waals surface area contributed by atoms with Crippen molar-refractivity contribution in [1.29, 1.82) is 0 Å². The second kappa shape index (κ2) is 23.1. The van der Waals surface area contributed by atoms with E-state index in [9.17, 15) is 10.2 Å². The van der Waals surface area contributed by atoms with E-state index in [0.717, 1.165) is 68.9 Å². The van der Waals surface area contributed by atoms with E-state index in [2.05, 4.69) is 26.0 Å². The van der Waals surface area contributed by atoms with Gasteiger partial charge in [-0.15, -0.1) is 11.0 Å². The molecule has 293 valence electrons. The zero-order valence-electron chi connectivity index (χ0n) is 33.1. The standard InChI is InChI=1S/C40H50N5O6.2CH3.Gd/c1-7-27-28(8-2)32-20-34-30(12-10-14-47)26(4)38(45-34)24-42-36-22-40(51-18-16-49-6)39(50-17-15-48-5)21-35(36)41-23-37-25(3)29(11-9-13-46)33(44-37)19-31(27)43-32;;;/h19-24,46-47H,7-18H2,1-6H3;2*1H3;/q3*-1;+3. The molecule has 12 heteroatoms. The van der Waals surface area contributed by atoms with Crippen LogP contribution in [-0.2, 0) is 22.3 Å². The van der Waals surface area contributed by atoms with Gasteiger partial charge in [-0.2, -0.15) is 0 Å². The van der Waals surface area contributed by atoms with Gasteiger partial charge in [0, 0.05) is 39.6 Å². The molecule has 0 saturated heterocycles. The fourth-order valence-corrected chi connectivity index (χ4v) is 6.45. The number of aliphatic hydroxyl groups excluding tert-OH is 2. The summed E-state index contributed by atoms with van der Waals surface area (Å²) in [5, 5.41) is 19.5. The molecule has 2 aliphatic rings. The minimum Gasteiger partial charge on any atom is -0.657 e. The van der Waals surface area contributed by atoms with Gasteiger partial charge in [-0.25, -0.2) is 9.97 Å². The van der Waals surface area contributed by atoms with Gasteiger partial charge in [-0.05, 0) is 74.7 Å². The van der Waals surface area contributed by atoms with Crippen LogP contribution in [0.2, 0.25) is 0 Å². The van der Waals surface area contributed by atoms with Crippen LogP contribution in [0.15, 0.2) is 36.7 Å². The molecule has 4 heterocycles. The maximum atomic E-state index is 9.74. The van der Waals surface area contributed by atoms with E-state index in [1.807, 2.05) is 26.0 Å². The van der Waals surface area contributed by atoms with Crippen molar-refractivity contribution >= 4 is 44.4 Å². The zero-order valence-corrected chi connectivity index (χ0v) is 35.3. The molecule has 2 N–H and O–H groups in total. The Bertz CT molecular complexity index is 1840. The van der Waals surface area contributed by atoms with Gasteiger partial charge in [0.25, 0.3) is 0 Å². The van der Waals surface area contributed by atoms with E-state index in [0.29, 0.717) is 74.6 Å². The van der Waals surface area contributed by atoms with Gasteiger partial charge in [0.15, 0.2) is 11.5 Å². The van der Waals surface area contributed by atoms with Gasteiger partial charge in [-0.3, -0.25) is 9.97 Å². The summed E-state index contributed by atoms with van der Waals surface area (Å²) in [6.45, 7) is 10.0. The molecule has 2 aromatic heterocycles. The Labute approximate surface area is 353 Å². The van der Waals surface area contributed by atoms with Crippen LogP contribution in [0.1, 0.15) is 87.3 Å². The van der Waals surface area contributed by atoms with Crippen molar-refractivity contribution in [2.24, 2.45) is 0 Å². The van der Waals surface area contributed by atoms with Crippen LogP contribution in [0, 0.1) is 54.8 Å². The molecule has 0 saturated carbocycles. The third kappa shape index (κ3) is 11.0. The van der Waals surface area contributed by atoms with Crippen molar-refractivity contribution < 1.29 is 69.1 Å². The molecule has 5 rings (SSSR count). The molecule has 0 spiro atoms. The van der Waals surface area contributed by atoms with E-state index >= 15 is 0 Å². The summed E-state index contributed by atoms with van der Waals surface area (Å²) in [5.41, 5.74) is 12.5. The predicted octanol–water partition coefficient (Wildman–Crippen LogP) is 7.45. The van der Waals surface area contributed by atoms with Gasteiger partial charge in [0.05, 0.1) is 59.4 Å². The summed E-state index contributed by atoms with van der Waals surface area (Å²) in [6.07, 6.45) is 7.74. The molecular formula is C42H56GdN5O6. The maximum Gasteiger partial charge on any atom is 3.00 e. The summed E-state index contributed by atoms with van der Waals surface area (Å²) in [4.78, 5) is 25.2. The molecule has 6 bridgehead atoms. The van der Waals surface area contributed by atoms with Crippen molar-refractivity contribution in [1.82, 2.24) is 24.9 Å². The molecule has 3 aromatic rings. The first-order valence-corrected chi connectivity index (χ1v) is 17.8. The van der Waals surface area contributed by atoms with Crippen LogP contribution >= 0.6 is 0 Å². The number of benzene rings is 1. The van der Waals surface area contributed by atoms with Crippen molar-refractivity contribution in [3.8, 4) is 11.5 Å². The molecule has 0 atom stereocenters. The first-order valence-electron chi connectivity index (χ1n) is 17.8. The number of rotatable bonds is 16. The maximum absolute atomic E-state index is 9.74. The molecule has 54 heavy (non-hydrogen) atoms.